The van der Waals surface area contributed by atoms with Gasteiger partial charge in [0.2, 0.25) is 0 Å². The molecule has 0 atom stereocenters. The molecular weight excluding hydrogens is 214 g/mol. The zero-order valence-corrected chi connectivity index (χ0v) is 10.6. The quantitative estimate of drug-likeness (QED) is 0.867. The van der Waals surface area contributed by atoms with Gasteiger partial charge in [-0.3, -0.25) is 0 Å². The second-order valence-electron chi connectivity index (χ2n) is 4.81. The predicted octanol–water partition coefficient (Wildman–Crippen LogP) is 1.78. The van der Waals surface area contributed by atoms with E-state index in [4.69, 9.17) is 0 Å². The lowest BCUT2D eigenvalue weighted by Crippen LogP contribution is -2.36. The van der Waals surface area contributed by atoms with Gasteiger partial charge in [0.25, 0.3) is 0 Å². The summed E-state index contributed by atoms with van der Waals surface area (Å²) in [5.74, 6) is 0.934. The first-order chi connectivity index (χ1) is 8.20. The van der Waals surface area contributed by atoms with Crippen LogP contribution in [0.3, 0.4) is 0 Å². The fourth-order valence-electron chi connectivity index (χ4n) is 2.36. The summed E-state index contributed by atoms with van der Waals surface area (Å²) in [6.07, 6.45) is 4.69. The molecule has 4 nitrogen and oxygen atoms in total. The molecule has 0 spiro atoms. The van der Waals surface area contributed by atoms with E-state index in [-0.39, 0.29) is 6.10 Å². The summed E-state index contributed by atoms with van der Waals surface area (Å²) in [7, 11) is 2.07. The molecule has 94 valence electrons. The molecule has 1 saturated carbocycles. The van der Waals surface area contributed by atoms with E-state index in [9.17, 15) is 5.11 Å². The zero-order valence-electron chi connectivity index (χ0n) is 10.6. The van der Waals surface area contributed by atoms with Crippen LogP contribution in [0.15, 0.2) is 12.1 Å². The van der Waals surface area contributed by atoms with Gasteiger partial charge in [-0.25, -0.2) is 0 Å². The van der Waals surface area contributed by atoms with Gasteiger partial charge in [0.15, 0.2) is 5.82 Å². The van der Waals surface area contributed by atoms with E-state index in [2.05, 4.69) is 29.1 Å². The average Bonchev–Trinajstić information content (AvgIpc) is 2.39. The van der Waals surface area contributed by atoms with Gasteiger partial charge in [0, 0.05) is 13.1 Å². The molecule has 1 aromatic heterocycles. The number of anilines is 1. The molecule has 4 heteroatoms. The van der Waals surface area contributed by atoms with Gasteiger partial charge in [-0.2, -0.15) is 5.10 Å². The van der Waals surface area contributed by atoms with Crippen molar-refractivity contribution in [1.82, 2.24) is 10.2 Å². The van der Waals surface area contributed by atoms with Crippen LogP contribution < -0.4 is 4.90 Å². The number of nitrogens with zero attached hydrogens (tertiary/aromatic N) is 3. The van der Waals surface area contributed by atoms with Crippen molar-refractivity contribution < 1.29 is 5.11 Å². The highest BCUT2D eigenvalue weighted by atomic mass is 16.3. The highest BCUT2D eigenvalue weighted by Gasteiger charge is 2.23. The van der Waals surface area contributed by atoms with E-state index < -0.39 is 0 Å². The summed E-state index contributed by atoms with van der Waals surface area (Å²) in [6.45, 7) is 2.08. The smallest absolute Gasteiger partial charge is 0.151 e. The van der Waals surface area contributed by atoms with Gasteiger partial charge in [-0.1, -0.05) is 6.92 Å². The Morgan fingerprint density at radius 3 is 2.47 bits per heavy atom. The molecular formula is C13H21N3O. The number of hydrogen-bond acceptors (Lipinski definition) is 4. The van der Waals surface area contributed by atoms with Crippen molar-refractivity contribution in [3.05, 3.63) is 17.8 Å². The molecule has 1 fully saturated rings. The van der Waals surface area contributed by atoms with E-state index in [1.165, 1.54) is 0 Å². The Morgan fingerprint density at radius 2 is 1.94 bits per heavy atom. The molecule has 1 aliphatic rings. The number of aryl methyl sites for hydroxylation is 1. The molecule has 0 aliphatic heterocycles. The molecule has 0 saturated heterocycles. The molecule has 2 rings (SSSR count). The second kappa shape index (κ2) is 5.45. The molecule has 1 aromatic rings. The maximum absolute atomic E-state index is 9.50. The topological polar surface area (TPSA) is 49.2 Å². The van der Waals surface area contributed by atoms with E-state index in [1.807, 2.05) is 12.1 Å². The van der Waals surface area contributed by atoms with Crippen LogP contribution in [0.2, 0.25) is 0 Å². The minimum absolute atomic E-state index is 0.104. The van der Waals surface area contributed by atoms with Crippen LogP contribution in [0.4, 0.5) is 5.82 Å². The predicted molar refractivity (Wildman–Crippen MR) is 68.1 cm³/mol. The fourth-order valence-corrected chi connectivity index (χ4v) is 2.36. The van der Waals surface area contributed by atoms with Crippen LogP contribution in [-0.4, -0.2) is 34.5 Å². The van der Waals surface area contributed by atoms with Crippen molar-refractivity contribution in [2.45, 2.75) is 51.2 Å². The van der Waals surface area contributed by atoms with Crippen LogP contribution in [0, 0.1) is 0 Å². The van der Waals surface area contributed by atoms with Crippen molar-refractivity contribution in [1.29, 1.82) is 0 Å². The Kier molecular flexibility index (Phi) is 3.94. The molecule has 1 aliphatic carbocycles. The van der Waals surface area contributed by atoms with Gasteiger partial charge in [-0.05, 0) is 44.2 Å². The van der Waals surface area contributed by atoms with Crippen molar-refractivity contribution in [2.75, 3.05) is 11.9 Å². The number of aliphatic hydroxyl groups is 1. The normalized spacial score (nSPS) is 24.6. The maximum atomic E-state index is 9.50. The molecule has 17 heavy (non-hydrogen) atoms. The van der Waals surface area contributed by atoms with Gasteiger partial charge in [0.1, 0.15) is 0 Å². The number of hydrogen-bond donors (Lipinski definition) is 1. The lowest BCUT2D eigenvalue weighted by Gasteiger charge is -2.33. The van der Waals surface area contributed by atoms with Crippen LogP contribution in [0.25, 0.3) is 0 Å². The fraction of sp³-hybridized carbons (Fsp3) is 0.692. The summed E-state index contributed by atoms with van der Waals surface area (Å²) in [5, 5.41) is 17.9. The van der Waals surface area contributed by atoms with Crippen molar-refractivity contribution in [3.8, 4) is 0 Å². The van der Waals surface area contributed by atoms with Crippen LogP contribution in [-0.2, 0) is 6.42 Å². The molecule has 0 unspecified atom stereocenters. The molecule has 0 aromatic carbocycles. The minimum Gasteiger partial charge on any atom is -0.393 e. The summed E-state index contributed by atoms with van der Waals surface area (Å²) in [6, 6.07) is 4.56. The summed E-state index contributed by atoms with van der Waals surface area (Å²) < 4.78 is 0. The van der Waals surface area contributed by atoms with Gasteiger partial charge >= 0.3 is 0 Å². The number of rotatable bonds is 3. The van der Waals surface area contributed by atoms with E-state index in [0.717, 1.165) is 43.6 Å². The summed E-state index contributed by atoms with van der Waals surface area (Å²) in [4.78, 5) is 2.19. The third-order valence-electron chi connectivity index (χ3n) is 3.64. The largest absolute Gasteiger partial charge is 0.393 e. The SMILES string of the molecule is CCc1ccc(N(C)C2CCC(O)CC2)nn1. The number of aliphatic hydroxyl groups excluding tert-OH is 1. The van der Waals surface area contributed by atoms with Crippen molar-refractivity contribution in [2.24, 2.45) is 0 Å². The molecule has 0 radical (unpaired) electrons. The highest BCUT2D eigenvalue weighted by Crippen LogP contribution is 2.24. The zero-order chi connectivity index (χ0) is 12.3. The van der Waals surface area contributed by atoms with Gasteiger partial charge in [0.05, 0.1) is 11.8 Å². The van der Waals surface area contributed by atoms with Gasteiger partial charge < -0.3 is 10.0 Å². The Hall–Kier alpha value is -1.16. The first kappa shape index (κ1) is 12.3. The van der Waals surface area contributed by atoms with Gasteiger partial charge in [-0.15, -0.1) is 5.10 Å². The van der Waals surface area contributed by atoms with Crippen molar-refractivity contribution in [3.63, 3.8) is 0 Å². The van der Waals surface area contributed by atoms with Crippen LogP contribution in [0.5, 0.6) is 0 Å². The molecule has 1 heterocycles. The monoisotopic (exact) mass is 235 g/mol. The Balaban J connectivity index is 2.00. The molecule has 1 N–H and O–H groups in total. The Morgan fingerprint density at radius 1 is 1.24 bits per heavy atom. The van der Waals surface area contributed by atoms with Crippen molar-refractivity contribution >= 4 is 5.82 Å². The van der Waals surface area contributed by atoms with E-state index in [1.54, 1.807) is 0 Å². The Bertz CT molecular complexity index is 344. The summed E-state index contributed by atoms with van der Waals surface area (Å²) >= 11 is 0. The maximum Gasteiger partial charge on any atom is 0.151 e. The third kappa shape index (κ3) is 2.94. The lowest BCUT2D eigenvalue weighted by molar-refractivity contribution is 0.122. The average molecular weight is 235 g/mol. The summed E-state index contributed by atoms with van der Waals surface area (Å²) in [5.41, 5.74) is 1.03. The van der Waals surface area contributed by atoms with E-state index in [0.29, 0.717) is 6.04 Å². The number of aromatic nitrogens is 2. The van der Waals surface area contributed by atoms with Crippen LogP contribution in [0.1, 0.15) is 38.3 Å². The third-order valence-corrected chi connectivity index (χ3v) is 3.64. The first-order valence-electron chi connectivity index (χ1n) is 6.44. The molecule has 0 amide bonds. The van der Waals surface area contributed by atoms with E-state index >= 15 is 0 Å². The first-order valence-corrected chi connectivity index (χ1v) is 6.44. The minimum atomic E-state index is -0.104. The second-order valence-corrected chi connectivity index (χ2v) is 4.81. The Labute approximate surface area is 103 Å². The lowest BCUT2D eigenvalue weighted by atomic mass is 9.92. The standard InChI is InChI=1S/C13H21N3O/c1-3-10-4-9-13(15-14-10)16(2)11-5-7-12(17)8-6-11/h4,9,11-12,17H,3,5-8H2,1-2H3. The molecule has 0 bridgehead atoms. The highest BCUT2D eigenvalue weighted by molar-refractivity contribution is 5.37. The van der Waals surface area contributed by atoms with Crippen LogP contribution >= 0.6 is 0 Å².